The molecule has 0 aromatic carbocycles. The molecule has 0 aliphatic rings. The first-order chi connectivity index (χ1) is 5.00. The van der Waals surface area contributed by atoms with Gasteiger partial charge in [-0.15, -0.1) is 6.58 Å². The van der Waals surface area contributed by atoms with E-state index in [1.54, 1.807) is 6.08 Å². The molecule has 3 nitrogen and oxygen atoms in total. The zero-order valence-corrected chi connectivity index (χ0v) is 7.23. The highest BCUT2D eigenvalue weighted by molar-refractivity contribution is 7.99. The lowest BCUT2D eigenvalue weighted by molar-refractivity contribution is -0.154. The summed E-state index contributed by atoms with van der Waals surface area (Å²) >= 11 is 1.34. The lowest BCUT2D eigenvalue weighted by Gasteiger charge is -2.16. The highest BCUT2D eigenvalue weighted by Crippen LogP contribution is 2.12. The van der Waals surface area contributed by atoms with E-state index < -0.39 is 11.6 Å². The molecular weight excluding hydrogens is 164 g/mol. The molecule has 0 aromatic heterocycles. The second-order valence-electron chi connectivity index (χ2n) is 2.38. The Balaban J connectivity index is 3.72. The fourth-order valence-electron chi connectivity index (χ4n) is 0.403. The number of aliphatic hydroxyl groups is 1. The Morgan fingerprint density at radius 2 is 2.36 bits per heavy atom. The van der Waals surface area contributed by atoms with Gasteiger partial charge in [0.25, 0.3) is 0 Å². The summed E-state index contributed by atoms with van der Waals surface area (Å²) in [5, 5.41) is 17.6. The maximum Gasteiger partial charge on any atom is 0.336 e. The van der Waals surface area contributed by atoms with Gasteiger partial charge in [-0.25, -0.2) is 4.79 Å². The van der Waals surface area contributed by atoms with Crippen molar-refractivity contribution in [1.29, 1.82) is 0 Å². The minimum atomic E-state index is -1.62. The van der Waals surface area contributed by atoms with Crippen LogP contribution in [0.15, 0.2) is 12.7 Å². The molecule has 0 saturated carbocycles. The van der Waals surface area contributed by atoms with Crippen molar-refractivity contribution in [3.8, 4) is 0 Å². The molecule has 4 heteroatoms. The van der Waals surface area contributed by atoms with Crippen molar-refractivity contribution in [2.24, 2.45) is 0 Å². The third-order valence-electron chi connectivity index (χ3n) is 1.08. The number of carboxylic acid groups (broad SMARTS) is 1. The average Bonchev–Trinajstić information content (AvgIpc) is 1.88. The van der Waals surface area contributed by atoms with Gasteiger partial charge in [-0.2, -0.15) is 11.8 Å². The number of hydrogen-bond acceptors (Lipinski definition) is 3. The van der Waals surface area contributed by atoms with E-state index in [9.17, 15) is 4.79 Å². The molecule has 0 bridgehead atoms. The highest BCUT2D eigenvalue weighted by atomic mass is 32.2. The monoisotopic (exact) mass is 176 g/mol. The van der Waals surface area contributed by atoms with Gasteiger partial charge >= 0.3 is 5.97 Å². The number of carbonyl (C=O) groups is 1. The van der Waals surface area contributed by atoms with E-state index >= 15 is 0 Å². The van der Waals surface area contributed by atoms with E-state index in [1.807, 2.05) is 0 Å². The maximum atomic E-state index is 10.3. The molecule has 0 unspecified atom stereocenters. The van der Waals surface area contributed by atoms with Crippen LogP contribution in [0.4, 0.5) is 0 Å². The van der Waals surface area contributed by atoms with Gasteiger partial charge in [0.2, 0.25) is 0 Å². The van der Waals surface area contributed by atoms with Gasteiger partial charge in [-0.05, 0) is 6.92 Å². The van der Waals surface area contributed by atoms with Crippen LogP contribution in [0.3, 0.4) is 0 Å². The van der Waals surface area contributed by atoms with E-state index in [-0.39, 0.29) is 5.75 Å². The molecule has 11 heavy (non-hydrogen) atoms. The predicted octanol–water partition coefficient (Wildman–Crippen LogP) is 0.741. The number of thioether (sulfide) groups is 1. The topological polar surface area (TPSA) is 57.5 Å². The van der Waals surface area contributed by atoms with Gasteiger partial charge in [0, 0.05) is 11.5 Å². The van der Waals surface area contributed by atoms with Crippen molar-refractivity contribution in [2.45, 2.75) is 12.5 Å². The van der Waals surface area contributed by atoms with Crippen molar-refractivity contribution < 1.29 is 15.0 Å². The first-order valence-electron chi connectivity index (χ1n) is 3.15. The van der Waals surface area contributed by atoms with E-state index in [0.717, 1.165) is 0 Å². The molecule has 0 heterocycles. The molecule has 0 aromatic rings. The van der Waals surface area contributed by atoms with Crippen LogP contribution in [-0.2, 0) is 4.79 Å². The lowest BCUT2D eigenvalue weighted by Crippen LogP contribution is -2.37. The third-order valence-corrected chi connectivity index (χ3v) is 2.32. The molecule has 0 spiro atoms. The summed E-state index contributed by atoms with van der Waals surface area (Å²) in [4.78, 5) is 10.3. The van der Waals surface area contributed by atoms with E-state index in [0.29, 0.717) is 5.75 Å². The van der Waals surface area contributed by atoms with Gasteiger partial charge in [-0.3, -0.25) is 0 Å². The largest absolute Gasteiger partial charge is 0.479 e. The van der Waals surface area contributed by atoms with Crippen molar-refractivity contribution in [1.82, 2.24) is 0 Å². The van der Waals surface area contributed by atoms with Gasteiger partial charge in [0.15, 0.2) is 5.60 Å². The van der Waals surface area contributed by atoms with Crippen molar-refractivity contribution in [2.75, 3.05) is 11.5 Å². The van der Waals surface area contributed by atoms with Crippen LogP contribution in [0.2, 0.25) is 0 Å². The lowest BCUT2D eigenvalue weighted by atomic mass is 10.1. The summed E-state index contributed by atoms with van der Waals surface area (Å²) in [6.07, 6.45) is 1.67. The van der Waals surface area contributed by atoms with Gasteiger partial charge < -0.3 is 10.2 Å². The summed E-state index contributed by atoms with van der Waals surface area (Å²) < 4.78 is 0. The van der Waals surface area contributed by atoms with E-state index in [2.05, 4.69) is 6.58 Å². The number of aliphatic carboxylic acids is 1. The van der Waals surface area contributed by atoms with Crippen LogP contribution in [-0.4, -0.2) is 33.3 Å². The Hall–Kier alpha value is -0.480. The number of rotatable bonds is 5. The van der Waals surface area contributed by atoms with Crippen LogP contribution >= 0.6 is 11.8 Å². The molecule has 0 amide bonds. The Kier molecular flexibility index (Phi) is 4.22. The molecule has 0 fully saturated rings. The average molecular weight is 176 g/mol. The molecule has 0 radical (unpaired) electrons. The van der Waals surface area contributed by atoms with Crippen molar-refractivity contribution in [3.63, 3.8) is 0 Å². The minimum Gasteiger partial charge on any atom is -0.479 e. The second-order valence-corrected chi connectivity index (χ2v) is 3.41. The van der Waals surface area contributed by atoms with E-state index in [1.165, 1.54) is 18.7 Å². The van der Waals surface area contributed by atoms with Crippen LogP contribution in [0.5, 0.6) is 0 Å². The molecule has 0 aliphatic heterocycles. The summed E-state index contributed by atoms with van der Waals surface area (Å²) in [6.45, 7) is 4.76. The van der Waals surface area contributed by atoms with Gasteiger partial charge in [-0.1, -0.05) is 6.08 Å². The zero-order chi connectivity index (χ0) is 8.91. The van der Waals surface area contributed by atoms with Crippen molar-refractivity contribution >= 4 is 17.7 Å². The third kappa shape index (κ3) is 4.06. The van der Waals surface area contributed by atoms with Crippen LogP contribution < -0.4 is 0 Å². The summed E-state index contributed by atoms with van der Waals surface area (Å²) in [6, 6.07) is 0. The molecule has 64 valence electrons. The van der Waals surface area contributed by atoms with Gasteiger partial charge in [0.1, 0.15) is 0 Å². The maximum absolute atomic E-state index is 10.3. The quantitative estimate of drug-likeness (QED) is 0.479. The number of hydrogen-bond donors (Lipinski definition) is 2. The first kappa shape index (κ1) is 10.5. The smallest absolute Gasteiger partial charge is 0.336 e. The standard InChI is InChI=1S/C7H12O3S/c1-3-4-11-5-7(2,10)6(8)9/h3,10H,1,4-5H2,2H3,(H,8,9)/t7-/m0/s1. The predicted molar refractivity (Wildman–Crippen MR) is 45.8 cm³/mol. The molecular formula is C7H12O3S. The molecule has 2 N–H and O–H groups in total. The highest BCUT2D eigenvalue weighted by Gasteiger charge is 2.29. The first-order valence-corrected chi connectivity index (χ1v) is 4.30. The molecule has 1 atom stereocenters. The van der Waals surface area contributed by atoms with Crippen LogP contribution in [0.25, 0.3) is 0 Å². The zero-order valence-electron chi connectivity index (χ0n) is 6.41. The molecule has 0 saturated heterocycles. The Morgan fingerprint density at radius 3 is 2.73 bits per heavy atom. The summed E-state index contributed by atoms with van der Waals surface area (Å²) in [7, 11) is 0. The SMILES string of the molecule is C=CCSC[C@](C)(O)C(=O)O. The summed E-state index contributed by atoms with van der Waals surface area (Å²) in [5.74, 6) is -0.341. The second kappa shape index (κ2) is 4.41. The van der Waals surface area contributed by atoms with E-state index in [4.69, 9.17) is 10.2 Å². The van der Waals surface area contributed by atoms with Gasteiger partial charge in [0.05, 0.1) is 0 Å². The Labute approximate surface area is 70.1 Å². The van der Waals surface area contributed by atoms with Crippen LogP contribution in [0.1, 0.15) is 6.92 Å². The fraction of sp³-hybridized carbons (Fsp3) is 0.571. The van der Waals surface area contributed by atoms with Crippen LogP contribution in [0, 0.1) is 0 Å². The normalized spacial score (nSPS) is 15.5. The summed E-state index contributed by atoms with van der Waals surface area (Å²) in [5.41, 5.74) is -1.62. The molecule has 0 rings (SSSR count). The molecule has 0 aliphatic carbocycles. The fourth-order valence-corrected chi connectivity index (χ4v) is 1.21. The Bertz CT molecular complexity index is 154. The number of carboxylic acids is 1. The van der Waals surface area contributed by atoms with Crippen molar-refractivity contribution in [3.05, 3.63) is 12.7 Å². The Morgan fingerprint density at radius 1 is 1.82 bits per heavy atom. The minimum absolute atomic E-state index is 0.189.